The molecule has 20 heavy (non-hydrogen) atoms. The van der Waals surface area contributed by atoms with E-state index in [1.165, 1.54) is 5.03 Å². The van der Waals surface area contributed by atoms with Crippen LogP contribution < -0.4 is 0 Å². The average molecular weight is 284 g/mol. The van der Waals surface area contributed by atoms with Gasteiger partial charge in [-0.3, -0.25) is 0 Å². The van der Waals surface area contributed by atoms with E-state index in [4.69, 9.17) is 4.98 Å². The first-order valence-corrected chi connectivity index (χ1v) is 7.85. The van der Waals surface area contributed by atoms with Gasteiger partial charge in [0, 0.05) is 0 Å². The number of fused-ring (bicyclic) bond motifs is 1. The molecule has 0 spiro atoms. The van der Waals surface area contributed by atoms with Crippen LogP contribution in [-0.4, -0.2) is 31.6 Å². The van der Waals surface area contributed by atoms with E-state index in [9.17, 15) is 0 Å². The van der Waals surface area contributed by atoms with Gasteiger partial charge >= 0.3 is 123 Å². The first-order valence-electron chi connectivity index (χ1n) is 6.87. The third-order valence-corrected chi connectivity index (χ3v) is 4.36. The van der Waals surface area contributed by atoms with E-state index in [0.717, 1.165) is 34.9 Å². The SMILES string of the molecule is CCSc1c(-c2bnc(CC)n2C)nc2ccccn12. The molecule has 0 aliphatic rings. The van der Waals surface area contributed by atoms with E-state index in [2.05, 4.69) is 41.0 Å². The van der Waals surface area contributed by atoms with Crippen molar-refractivity contribution < 1.29 is 0 Å². The average Bonchev–Trinajstić information content (AvgIpc) is 3.00. The molecule has 0 N–H and O–H groups in total. The number of aromatic nitrogens is 4. The van der Waals surface area contributed by atoms with E-state index in [1.54, 1.807) is 0 Å². The fourth-order valence-electron chi connectivity index (χ4n) is 2.41. The summed E-state index contributed by atoms with van der Waals surface area (Å²) in [5, 5.41) is 1.19. The zero-order chi connectivity index (χ0) is 14.1. The summed E-state index contributed by atoms with van der Waals surface area (Å²) in [5.74, 6) is 2.11. The fraction of sp³-hybridized carbons (Fsp3) is 0.357. The first-order chi connectivity index (χ1) is 9.76. The summed E-state index contributed by atoms with van der Waals surface area (Å²) in [5.41, 5.74) is 3.09. The second kappa shape index (κ2) is 5.44. The van der Waals surface area contributed by atoms with E-state index in [0.29, 0.717) is 0 Å². The third kappa shape index (κ3) is 2.08. The van der Waals surface area contributed by atoms with Crippen LogP contribution in [0.4, 0.5) is 0 Å². The number of aryl methyl sites for hydroxylation is 1. The number of thioether (sulfide) groups is 1. The summed E-state index contributed by atoms with van der Waals surface area (Å²) in [4.78, 5) is 9.28. The Bertz CT molecular complexity index is 747. The molecule has 0 saturated carbocycles. The summed E-state index contributed by atoms with van der Waals surface area (Å²) in [6, 6.07) is 6.10. The number of imidazole rings is 1. The van der Waals surface area contributed by atoms with Gasteiger partial charge < -0.3 is 0 Å². The van der Waals surface area contributed by atoms with Crippen LogP contribution in [0.15, 0.2) is 29.4 Å². The number of hydrogen-bond donors (Lipinski definition) is 0. The molecule has 102 valence electrons. The van der Waals surface area contributed by atoms with E-state index < -0.39 is 0 Å². The maximum atomic E-state index is 4.79. The van der Waals surface area contributed by atoms with E-state index in [1.807, 2.05) is 37.0 Å². The molecule has 3 rings (SSSR count). The summed E-state index contributed by atoms with van der Waals surface area (Å²) in [6.07, 6.45) is 3.00. The molecule has 3 heterocycles. The minimum absolute atomic E-state index is 0.931. The normalized spacial score (nSPS) is 11.2. The van der Waals surface area contributed by atoms with Gasteiger partial charge in [0.05, 0.1) is 0 Å². The second-order valence-electron chi connectivity index (χ2n) is 4.60. The van der Waals surface area contributed by atoms with Crippen LogP contribution in [-0.2, 0) is 13.5 Å². The zero-order valence-corrected chi connectivity index (χ0v) is 12.8. The summed E-state index contributed by atoms with van der Waals surface area (Å²) in [7, 11) is 3.99. The van der Waals surface area contributed by atoms with E-state index >= 15 is 0 Å². The third-order valence-electron chi connectivity index (χ3n) is 3.41. The van der Waals surface area contributed by atoms with Gasteiger partial charge in [0.25, 0.3) is 0 Å². The standard InChI is InChI=1S/C14H17BN4S/c1-4-10-17-15-13(18(10)3)12-14(20-5-2)19-9-7-6-8-11(19)16-12/h6-9H,4-5H2,1-3H3. The van der Waals surface area contributed by atoms with Gasteiger partial charge in [0.1, 0.15) is 0 Å². The molecule has 0 atom stereocenters. The van der Waals surface area contributed by atoms with Gasteiger partial charge in [-0.2, -0.15) is 0 Å². The summed E-state index contributed by atoms with van der Waals surface area (Å²) in [6.45, 7) is 4.29. The molecule has 0 aliphatic carbocycles. The van der Waals surface area contributed by atoms with Gasteiger partial charge in [-0.05, 0) is 0 Å². The molecule has 3 aromatic rings. The van der Waals surface area contributed by atoms with Gasteiger partial charge in [-0.1, -0.05) is 0 Å². The number of hydrogen-bond acceptors (Lipinski definition) is 3. The summed E-state index contributed by atoms with van der Waals surface area (Å²) >= 11 is 1.82. The predicted molar refractivity (Wildman–Crippen MR) is 84.5 cm³/mol. The van der Waals surface area contributed by atoms with Crippen molar-refractivity contribution in [2.45, 2.75) is 25.3 Å². The Balaban J connectivity index is 2.24. The molecule has 0 fully saturated rings. The minimum atomic E-state index is 0.931. The van der Waals surface area contributed by atoms with E-state index in [-0.39, 0.29) is 0 Å². The Morgan fingerprint density at radius 1 is 1.30 bits per heavy atom. The molecule has 3 aromatic heterocycles. The predicted octanol–water partition coefficient (Wildman–Crippen LogP) is 2.75. The topological polar surface area (TPSA) is 35.1 Å². The number of pyridine rings is 1. The maximum absolute atomic E-state index is 4.79. The molecule has 0 aromatic carbocycles. The van der Waals surface area contributed by atoms with Gasteiger partial charge in [0.15, 0.2) is 0 Å². The van der Waals surface area contributed by atoms with Crippen molar-refractivity contribution in [3.63, 3.8) is 0 Å². The number of rotatable bonds is 4. The molecule has 0 unspecified atom stereocenters. The molecular weight excluding hydrogens is 267 g/mol. The number of nitrogens with zero attached hydrogens (tertiary/aromatic N) is 4. The molecule has 6 heteroatoms. The first kappa shape index (κ1) is 13.4. The van der Waals surface area contributed by atoms with Crippen LogP contribution in [0.5, 0.6) is 0 Å². The van der Waals surface area contributed by atoms with Crippen LogP contribution in [0.3, 0.4) is 0 Å². The summed E-state index contributed by atoms with van der Waals surface area (Å²) < 4.78 is 4.30. The van der Waals surface area contributed by atoms with Crippen molar-refractivity contribution in [3.8, 4) is 11.3 Å². The van der Waals surface area contributed by atoms with Crippen molar-refractivity contribution in [2.24, 2.45) is 7.05 Å². The van der Waals surface area contributed by atoms with Crippen molar-refractivity contribution >= 4 is 24.5 Å². The molecule has 0 aliphatic heterocycles. The van der Waals surface area contributed by atoms with Gasteiger partial charge in [-0.25, -0.2) is 0 Å². The van der Waals surface area contributed by atoms with Crippen LogP contribution in [0.1, 0.15) is 19.7 Å². The van der Waals surface area contributed by atoms with Crippen molar-refractivity contribution in [1.82, 2.24) is 18.8 Å². The molecule has 0 radical (unpaired) electrons. The molecule has 0 bridgehead atoms. The Labute approximate surface area is 123 Å². The Hall–Kier alpha value is -1.56. The van der Waals surface area contributed by atoms with Gasteiger partial charge in [0.2, 0.25) is 0 Å². The Kier molecular flexibility index (Phi) is 3.65. The second-order valence-corrected chi connectivity index (χ2v) is 5.85. The van der Waals surface area contributed by atoms with Crippen molar-refractivity contribution in [3.05, 3.63) is 30.2 Å². The quantitative estimate of drug-likeness (QED) is 0.691. The molecule has 0 amide bonds. The molecule has 4 nitrogen and oxygen atoms in total. The van der Waals surface area contributed by atoms with Crippen LogP contribution in [0, 0.1) is 0 Å². The zero-order valence-electron chi connectivity index (χ0n) is 12.0. The Morgan fingerprint density at radius 3 is 2.85 bits per heavy atom. The van der Waals surface area contributed by atoms with Crippen LogP contribution >= 0.6 is 11.8 Å². The van der Waals surface area contributed by atoms with Crippen LogP contribution in [0.25, 0.3) is 16.9 Å². The van der Waals surface area contributed by atoms with Crippen LogP contribution in [0.2, 0.25) is 0 Å². The van der Waals surface area contributed by atoms with Crippen molar-refractivity contribution in [2.75, 3.05) is 5.75 Å². The van der Waals surface area contributed by atoms with Crippen molar-refractivity contribution in [1.29, 1.82) is 0 Å². The molecular formula is C14H17BN4S. The molecule has 0 saturated heterocycles. The monoisotopic (exact) mass is 284 g/mol. The fourth-order valence-corrected chi connectivity index (χ4v) is 3.27. The Morgan fingerprint density at radius 2 is 2.15 bits per heavy atom. The van der Waals surface area contributed by atoms with Gasteiger partial charge in [-0.15, -0.1) is 0 Å².